The van der Waals surface area contributed by atoms with E-state index in [1.165, 1.54) is 11.0 Å². The van der Waals surface area contributed by atoms with E-state index in [9.17, 15) is 34.5 Å². The number of phenols is 1. The van der Waals surface area contributed by atoms with Crippen LogP contribution in [0.4, 0.5) is 0 Å². The molecule has 0 spiro atoms. The SMILES string of the molecule is CCC(C)(C)CNC1=C2C(=O)c3c(O)cccc3[C@H](C)C2[C@H](O)C2[C@H](N(C)C)C(=O)C(C(N)=O)C(=O)[C@@]12O. The van der Waals surface area contributed by atoms with E-state index in [1.807, 2.05) is 20.8 Å². The van der Waals surface area contributed by atoms with Gasteiger partial charge < -0.3 is 26.4 Å². The molecule has 1 saturated carbocycles. The largest absolute Gasteiger partial charge is 0.507 e. The highest BCUT2D eigenvalue weighted by Crippen LogP contribution is 2.55. The number of likely N-dealkylation sites (N-methyl/N-ethyl adjacent to an activating group) is 1. The van der Waals surface area contributed by atoms with Gasteiger partial charge >= 0.3 is 0 Å². The zero-order valence-corrected chi connectivity index (χ0v) is 22.6. The number of aliphatic hydroxyl groups excluding tert-OH is 1. The second-order valence-corrected chi connectivity index (χ2v) is 11.8. The predicted molar refractivity (Wildman–Crippen MR) is 138 cm³/mol. The minimum Gasteiger partial charge on any atom is -0.507 e. The number of hydrogen-bond donors (Lipinski definition) is 5. The van der Waals surface area contributed by atoms with Crippen molar-refractivity contribution in [2.45, 2.75) is 57.8 Å². The fourth-order valence-electron chi connectivity index (χ4n) is 6.43. The monoisotopic (exact) mass is 527 g/mol. The summed E-state index contributed by atoms with van der Waals surface area (Å²) >= 11 is 0. The maximum absolute atomic E-state index is 14.0. The molecule has 0 bridgehead atoms. The van der Waals surface area contributed by atoms with E-state index in [0.29, 0.717) is 5.56 Å². The molecule has 4 rings (SSSR count). The molecule has 0 saturated heterocycles. The molecule has 1 amide bonds. The van der Waals surface area contributed by atoms with Crippen molar-refractivity contribution in [3.05, 3.63) is 40.6 Å². The summed E-state index contributed by atoms with van der Waals surface area (Å²) < 4.78 is 0. The summed E-state index contributed by atoms with van der Waals surface area (Å²) in [7, 11) is 3.11. The van der Waals surface area contributed by atoms with E-state index >= 15 is 0 Å². The van der Waals surface area contributed by atoms with Crippen molar-refractivity contribution in [1.82, 2.24) is 10.2 Å². The van der Waals surface area contributed by atoms with E-state index in [4.69, 9.17) is 5.73 Å². The lowest BCUT2D eigenvalue weighted by molar-refractivity contribution is -0.177. The topological polar surface area (TPSA) is 170 Å². The van der Waals surface area contributed by atoms with Gasteiger partial charge in [-0.15, -0.1) is 0 Å². The molecule has 3 aliphatic rings. The Labute approximate surface area is 221 Å². The Morgan fingerprint density at radius 2 is 1.84 bits per heavy atom. The molecular weight excluding hydrogens is 490 g/mol. The van der Waals surface area contributed by atoms with Crippen LogP contribution in [-0.4, -0.2) is 81.9 Å². The molecule has 6 N–H and O–H groups in total. The minimum atomic E-state index is -2.59. The molecule has 3 aliphatic carbocycles. The number of phenolic OH excluding ortho intramolecular Hbond substituents is 1. The summed E-state index contributed by atoms with van der Waals surface area (Å²) in [5.41, 5.74) is 2.95. The van der Waals surface area contributed by atoms with Crippen LogP contribution in [0.3, 0.4) is 0 Å². The summed E-state index contributed by atoms with van der Waals surface area (Å²) in [6, 6.07) is 3.44. The van der Waals surface area contributed by atoms with Crippen molar-refractivity contribution in [3.8, 4) is 5.75 Å². The molecule has 0 aromatic heterocycles. The predicted octanol–water partition coefficient (Wildman–Crippen LogP) is 0.493. The van der Waals surface area contributed by atoms with Gasteiger partial charge in [0.05, 0.1) is 23.4 Å². The summed E-state index contributed by atoms with van der Waals surface area (Å²) in [6.07, 6.45) is -0.787. The van der Waals surface area contributed by atoms with Crippen LogP contribution in [-0.2, 0) is 14.4 Å². The van der Waals surface area contributed by atoms with Gasteiger partial charge in [0.1, 0.15) is 5.75 Å². The number of Topliss-reactive ketones (excluding diaryl/α,β-unsaturated/α-hetero) is 3. The zero-order valence-electron chi connectivity index (χ0n) is 22.6. The molecule has 0 heterocycles. The number of carbonyl (C=O) groups excluding carboxylic acids is 4. The number of aliphatic hydroxyl groups is 2. The van der Waals surface area contributed by atoms with Gasteiger partial charge in [0, 0.05) is 24.0 Å². The highest BCUT2D eigenvalue weighted by molar-refractivity contribution is 6.25. The quantitative estimate of drug-likeness (QED) is 0.330. The van der Waals surface area contributed by atoms with Gasteiger partial charge in [0.25, 0.3) is 0 Å². The summed E-state index contributed by atoms with van der Waals surface area (Å²) in [5.74, 6) is -8.82. The van der Waals surface area contributed by atoms with Gasteiger partial charge in [-0.05, 0) is 43.5 Å². The fraction of sp³-hybridized carbons (Fsp3) is 0.571. The Morgan fingerprint density at radius 3 is 2.39 bits per heavy atom. The Kier molecular flexibility index (Phi) is 6.83. The summed E-state index contributed by atoms with van der Waals surface area (Å²) in [4.78, 5) is 55.2. The van der Waals surface area contributed by atoms with Crippen LogP contribution in [0.1, 0.15) is 56.0 Å². The Balaban J connectivity index is 2.08. The van der Waals surface area contributed by atoms with Crippen LogP contribution in [0.5, 0.6) is 5.75 Å². The molecule has 206 valence electrons. The summed E-state index contributed by atoms with van der Waals surface area (Å²) in [6.45, 7) is 7.94. The number of primary amides is 1. The number of nitrogens with zero attached hydrogens (tertiary/aromatic N) is 1. The van der Waals surface area contributed by atoms with E-state index in [0.717, 1.165) is 6.42 Å². The average Bonchev–Trinajstić information content (AvgIpc) is 2.82. The highest BCUT2D eigenvalue weighted by atomic mass is 16.3. The van der Waals surface area contributed by atoms with Gasteiger partial charge in [0.2, 0.25) is 5.91 Å². The van der Waals surface area contributed by atoms with Gasteiger partial charge in [-0.2, -0.15) is 0 Å². The molecule has 0 radical (unpaired) electrons. The second kappa shape index (κ2) is 9.29. The number of nitrogens with two attached hydrogens (primary N) is 1. The van der Waals surface area contributed by atoms with Crippen LogP contribution in [0.2, 0.25) is 0 Å². The van der Waals surface area contributed by atoms with Crippen LogP contribution in [0, 0.1) is 23.2 Å². The number of rotatable bonds is 6. The van der Waals surface area contributed by atoms with Crippen molar-refractivity contribution in [2.75, 3.05) is 20.6 Å². The lowest BCUT2D eigenvalue weighted by Gasteiger charge is -2.56. The molecule has 1 aromatic carbocycles. The third kappa shape index (κ3) is 3.80. The van der Waals surface area contributed by atoms with Crippen molar-refractivity contribution in [3.63, 3.8) is 0 Å². The second-order valence-electron chi connectivity index (χ2n) is 11.8. The smallest absolute Gasteiger partial charge is 0.235 e. The van der Waals surface area contributed by atoms with E-state index in [-0.39, 0.29) is 34.5 Å². The molecule has 0 aliphatic heterocycles. The number of nitrogens with one attached hydrogen (secondary N) is 1. The molecule has 10 nitrogen and oxygen atoms in total. The van der Waals surface area contributed by atoms with Gasteiger partial charge in [-0.25, -0.2) is 0 Å². The van der Waals surface area contributed by atoms with Crippen molar-refractivity contribution < 1.29 is 34.5 Å². The van der Waals surface area contributed by atoms with Crippen molar-refractivity contribution >= 4 is 23.3 Å². The Morgan fingerprint density at radius 1 is 1.21 bits per heavy atom. The molecule has 1 fully saturated rings. The number of aromatic hydroxyl groups is 1. The van der Waals surface area contributed by atoms with Gasteiger partial charge in [-0.1, -0.05) is 39.8 Å². The van der Waals surface area contributed by atoms with Crippen LogP contribution in [0.25, 0.3) is 0 Å². The average molecular weight is 528 g/mol. The number of hydrogen-bond acceptors (Lipinski definition) is 9. The molecule has 1 aromatic rings. The standard InChI is InChI=1S/C28H37N3O7/c1-7-27(3,4)11-30-24-17-15(12(2)13-9-8-10-14(32)16(13)21(17)33)22(34)19-20(31(5)6)23(35)18(26(29)37)25(36)28(19,24)38/h8-10,12,15,18-20,22,30,32,34,38H,7,11H2,1-6H3,(H2,29,37)/t12-,15?,18?,19?,20-,22-,28-/m0/s1. The van der Waals surface area contributed by atoms with Crippen LogP contribution in [0.15, 0.2) is 29.5 Å². The molecule has 3 unspecified atom stereocenters. The maximum Gasteiger partial charge on any atom is 0.235 e. The third-order valence-corrected chi connectivity index (χ3v) is 8.87. The van der Waals surface area contributed by atoms with E-state index < -0.39 is 64.7 Å². The van der Waals surface area contributed by atoms with Gasteiger partial charge in [-0.3, -0.25) is 24.1 Å². The van der Waals surface area contributed by atoms with Crippen molar-refractivity contribution in [2.24, 2.45) is 28.9 Å². The number of fused-ring (bicyclic) bond motifs is 3. The first-order chi connectivity index (χ1) is 17.6. The van der Waals surface area contributed by atoms with E-state index in [2.05, 4.69) is 5.32 Å². The lowest BCUT2D eigenvalue weighted by Crippen LogP contribution is -2.74. The number of amides is 1. The Bertz CT molecular complexity index is 1250. The molecular formula is C28H37N3O7. The number of carbonyl (C=O) groups is 4. The molecule has 10 heteroatoms. The zero-order chi connectivity index (χ0) is 28.5. The maximum atomic E-state index is 14.0. The number of benzene rings is 1. The van der Waals surface area contributed by atoms with Crippen LogP contribution >= 0.6 is 0 Å². The Hall–Kier alpha value is -3.08. The fourth-order valence-corrected chi connectivity index (χ4v) is 6.43. The van der Waals surface area contributed by atoms with E-state index in [1.54, 1.807) is 33.2 Å². The normalized spacial score (nSPS) is 33.1. The molecule has 38 heavy (non-hydrogen) atoms. The van der Waals surface area contributed by atoms with Crippen LogP contribution < -0.4 is 11.1 Å². The molecule has 7 atom stereocenters. The first-order valence-electron chi connectivity index (χ1n) is 12.9. The minimum absolute atomic E-state index is 0.0319. The third-order valence-electron chi connectivity index (χ3n) is 8.87. The van der Waals surface area contributed by atoms with Crippen molar-refractivity contribution in [1.29, 1.82) is 0 Å². The summed E-state index contributed by atoms with van der Waals surface area (Å²) in [5, 5.41) is 38.0. The highest BCUT2D eigenvalue weighted by Gasteiger charge is 2.69. The first kappa shape index (κ1) is 27.9. The first-order valence-corrected chi connectivity index (χ1v) is 12.9. The lowest BCUT2D eigenvalue weighted by atomic mass is 9.53. The van der Waals surface area contributed by atoms with Gasteiger partial charge in [0.15, 0.2) is 28.9 Å². The number of ketones is 3.